The van der Waals surface area contributed by atoms with Crippen molar-refractivity contribution in [1.82, 2.24) is 42.5 Å². The molecule has 0 aromatic carbocycles. The molecule has 25 nitrogen and oxygen atoms in total. The highest BCUT2D eigenvalue weighted by Crippen LogP contribution is 2.10. The van der Waals surface area contributed by atoms with Crippen molar-refractivity contribution in [1.29, 1.82) is 0 Å². The summed E-state index contributed by atoms with van der Waals surface area (Å²) >= 11 is 9.22. The minimum atomic E-state index is -1.66. The summed E-state index contributed by atoms with van der Waals surface area (Å²) < 4.78 is 0. The standard InChI is InChI=1S/C38H71N13O12S3/c1-19(2)14-25(34(59)51-28(18-65)37(62)63)48-36(61)27(16-53)50-32(57)23(9-7-12-43-38(41)42)45-33(58)24(10-13-66-4)47-31(56)22(8-5-6-11-39)46-35(60)26(15-52)49-29(54)20(3)44-30(55)21(40)17-64/h19-28,52-53,64-65H,5-18,39-40H2,1-4H3,(H,44,55)(H,45,58)(H,46,60)(H,47,56)(H,48,61)(H,49,54)(H,50,57)(H,51,59)(H,62,63)(H4,41,42,43)/t20-,21-,22-,23-,24-,25-,26-,27-,28-/m0/s1. The molecule has 0 aliphatic rings. The molecule has 19 N–H and O–H groups in total. The fraction of sp³-hybridized carbons (Fsp3) is 0.737. The maximum Gasteiger partial charge on any atom is 0.327 e. The average molecular weight is 998 g/mol. The topological polar surface area (TPSA) is 427 Å². The molecule has 0 fully saturated rings. The summed E-state index contributed by atoms with van der Waals surface area (Å²) in [4.78, 5) is 122. The third-order valence-corrected chi connectivity index (χ3v) is 10.9. The number of hydrogen-bond donors (Lipinski definition) is 17. The number of carboxylic acid groups (broad SMARTS) is 1. The fourth-order valence-electron chi connectivity index (χ4n) is 5.71. The van der Waals surface area contributed by atoms with E-state index in [0.717, 1.165) is 0 Å². The van der Waals surface area contributed by atoms with Gasteiger partial charge in [0.1, 0.15) is 48.3 Å². The van der Waals surface area contributed by atoms with Crippen molar-refractivity contribution >= 4 is 96.2 Å². The number of aliphatic imine (C=N–C) groups is 1. The predicted octanol–water partition coefficient (Wildman–Crippen LogP) is -5.88. The van der Waals surface area contributed by atoms with Crippen molar-refractivity contribution in [2.24, 2.45) is 33.8 Å². The quantitative estimate of drug-likeness (QED) is 0.0124. The number of aliphatic carboxylic acids is 1. The minimum Gasteiger partial charge on any atom is -0.480 e. The van der Waals surface area contributed by atoms with Crippen LogP contribution in [0.3, 0.4) is 0 Å². The summed E-state index contributed by atoms with van der Waals surface area (Å²) in [7, 11) is 0. The number of carboxylic acids is 1. The number of thiol groups is 2. The van der Waals surface area contributed by atoms with Crippen LogP contribution in [0.1, 0.15) is 65.7 Å². The Morgan fingerprint density at radius 1 is 0.576 bits per heavy atom. The van der Waals surface area contributed by atoms with E-state index < -0.39 is 121 Å². The summed E-state index contributed by atoms with van der Waals surface area (Å²) in [6, 6.07) is -12.1. The molecule has 0 unspecified atom stereocenters. The molecule has 28 heteroatoms. The van der Waals surface area contributed by atoms with Crippen molar-refractivity contribution in [3.63, 3.8) is 0 Å². The zero-order valence-corrected chi connectivity index (χ0v) is 40.4. The molecule has 0 saturated heterocycles. The van der Waals surface area contributed by atoms with E-state index in [1.54, 1.807) is 20.1 Å². The second-order valence-electron chi connectivity index (χ2n) is 15.5. The van der Waals surface area contributed by atoms with Crippen LogP contribution in [0.5, 0.6) is 0 Å². The molecule has 378 valence electrons. The fourth-order valence-corrected chi connectivity index (χ4v) is 6.60. The Labute approximate surface area is 399 Å². The predicted molar refractivity (Wildman–Crippen MR) is 254 cm³/mol. The molecule has 0 rings (SSSR count). The van der Waals surface area contributed by atoms with E-state index in [4.69, 9.17) is 22.9 Å². The first-order chi connectivity index (χ1) is 31.1. The van der Waals surface area contributed by atoms with Gasteiger partial charge in [0.25, 0.3) is 0 Å². The molecule has 0 aromatic heterocycles. The van der Waals surface area contributed by atoms with Crippen LogP contribution in [-0.2, 0) is 43.2 Å². The maximum absolute atomic E-state index is 14.0. The molecule has 9 atom stereocenters. The van der Waals surface area contributed by atoms with Gasteiger partial charge < -0.3 is 80.8 Å². The van der Waals surface area contributed by atoms with Crippen molar-refractivity contribution < 1.29 is 58.5 Å². The number of amides is 8. The molecule has 0 heterocycles. The van der Waals surface area contributed by atoms with Gasteiger partial charge in [-0.05, 0) is 76.3 Å². The van der Waals surface area contributed by atoms with Gasteiger partial charge in [0, 0.05) is 18.1 Å². The summed E-state index contributed by atoms with van der Waals surface area (Å²) in [5, 5.41) is 49.0. The number of nitrogens with one attached hydrogen (secondary N) is 8. The molecule has 0 aliphatic carbocycles. The van der Waals surface area contributed by atoms with Gasteiger partial charge >= 0.3 is 5.97 Å². The number of nitrogens with two attached hydrogens (primary N) is 4. The molecule has 0 spiro atoms. The monoisotopic (exact) mass is 997 g/mol. The molecular formula is C38H71N13O12S3. The van der Waals surface area contributed by atoms with Crippen LogP contribution < -0.4 is 65.5 Å². The van der Waals surface area contributed by atoms with E-state index in [0.29, 0.717) is 18.6 Å². The molecule has 0 aromatic rings. The molecule has 0 saturated carbocycles. The number of nitrogens with zero attached hydrogens (tertiary/aromatic N) is 1. The van der Waals surface area contributed by atoms with Gasteiger partial charge in [-0.25, -0.2) is 4.79 Å². The van der Waals surface area contributed by atoms with Gasteiger partial charge in [-0.2, -0.15) is 37.0 Å². The number of unbranched alkanes of at least 4 members (excludes halogenated alkanes) is 1. The van der Waals surface area contributed by atoms with Gasteiger partial charge in [0.15, 0.2) is 5.96 Å². The number of carbonyl (C=O) groups is 9. The Morgan fingerprint density at radius 3 is 1.42 bits per heavy atom. The third-order valence-electron chi connectivity index (χ3n) is 9.46. The Balaban J connectivity index is 6.44. The van der Waals surface area contributed by atoms with Crippen LogP contribution in [0.2, 0.25) is 0 Å². The molecular weight excluding hydrogens is 927 g/mol. The van der Waals surface area contributed by atoms with Crippen LogP contribution in [-0.4, -0.2) is 179 Å². The summed E-state index contributed by atoms with van der Waals surface area (Å²) in [6.45, 7) is 3.24. The zero-order valence-electron chi connectivity index (χ0n) is 37.7. The second kappa shape index (κ2) is 33.8. The number of hydrogen-bond acceptors (Lipinski definition) is 17. The first-order valence-corrected chi connectivity index (χ1v) is 23.9. The van der Waals surface area contributed by atoms with Gasteiger partial charge in [-0.15, -0.1) is 0 Å². The van der Waals surface area contributed by atoms with Crippen LogP contribution in [0.4, 0.5) is 0 Å². The van der Waals surface area contributed by atoms with Crippen LogP contribution in [0.25, 0.3) is 0 Å². The van der Waals surface area contributed by atoms with Gasteiger partial charge in [-0.1, -0.05) is 13.8 Å². The molecule has 8 amide bonds. The smallest absolute Gasteiger partial charge is 0.327 e. The maximum atomic E-state index is 14.0. The van der Waals surface area contributed by atoms with Gasteiger partial charge in [0.05, 0.1) is 19.3 Å². The Hall–Kier alpha value is -4.61. The Bertz CT molecular complexity index is 1630. The molecule has 0 bridgehead atoms. The summed E-state index contributed by atoms with van der Waals surface area (Å²) in [5.74, 6) is -8.65. The highest BCUT2D eigenvalue weighted by molar-refractivity contribution is 7.98. The van der Waals surface area contributed by atoms with E-state index in [-0.39, 0.29) is 68.6 Å². The van der Waals surface area contributed by atoms with Gasteiger partial charge in [0.2, 0.25) is 47.3 Å². The minimum absolute atomic E-state index is 0.00173. The SMILES string of the molecule is CSCC[C@H](NC(=O)[C@H](CCCCN)NC(=O)[C@H](CO)NC(=O)[C@H](C)NC(=O)[C@@H](N)CS)C(=O)N[C@@H](CCCN=C(N)N)C(=O)N[C@@H](CO)C(=O)N[C@@H](CC(C)C)C(=O)N[C@@H](CS)C(=O)O. The molecule has 0 radical (unpaired) electrons. The Kier molecular flexibility index (Phi) is 31.4. The lowest BCUT2D eigenvalue weighted by Gasteiger charge is -2.27. The number of guanidine groups is 1. The van der Waals surface area contributed by atoms with Crippen molar-refractivity contribution in [2.45, 2.75) is 120 Å². The lowest BCUT2D eigenvalue weighted by molar-refractivity contribution is -0.141. The van der Waals surface area contributed by atoms with E-state index in [1.807, 2.05) is 0 Å². The van der Waals surface area contributed by atoms with Crippen LogP contribution in [0.15, 0.2) is 4.99 Å². The average Bonchev–Trinajstić information content (AvgIpc) is 3.26. The lowest BCUT2D eigenvalue weighted by Crippen LogP contribution is -2.61. The third kappa shape index (κ3) is 24.2. The Morgan fingerprint density at radius 2 is 1.00 bits per heavy atom. The van der Waals surface area contributed by atoms with Crippen molar-refractivity contribution in [3.05, 3.63) is 0 Å². The first-order valence-electron chi connectivity index (χ1n) is 21.2. The number of aliphatic hydroxyl groups is 2. The van der Waals surface area contributed by atoms with Crippen LogP contribution >= 0.6 is 37.0 Å². The summed E-state index contributed by atoms with van der Waals surface area (Å²) in [6.07, 6.45) is 2.62. The van der Waals surface area contributed by atoms with E-state index in [9.17, 15) is 58.5 Å². The second-order valence-corrected chi connectivity index (χ2v) is 17.2. The van der Waals surface area contributed by atoms with Crippen LogP contribution in [0, 0.1) is 5.92 Å². The lowest BCUT2D eigenvalue weighted by atomic mass is 10.0. The highest BCUT2D eigenvalue weighted by Gasteiger charge is 2.34. The number of carbonyl (C=O) groups excluding carboxylic acids is 8. The van der Waals surface area contributed by atoms with E-state index >= 15 is 0 Å². The van der Waals surface area contributed by atoms with E-state index in [1.165, 1.54) is 18.7 Å². The number of rotatable bonds is 34. The molecule has 66 heavy (non-hydrogen) atoms. The zero-order chi connectivity index (χ0) is 50.5. The van der Waals surface area contributed by atoms with E-state index in [2.05, 4.69) is 72.8 Å². The largest absolute Gasteiger partial charge is 0.480 e. The molecule has 0 aliphatic heterocycles. The van der Waals surface area contributed by atoms with Crippen molar-refractivity contribution in [3.8, 4) is 0 Å². The number of aliphatic hydroxyl groups excluding tert-OH is 2. The summed E-state index contributed by atoms with van der Waals surface area (Å²) in [5.41, 5.74) is 22.2. The van der Waals surface area contributed by atoms with Crippen molar-refractivity contribution in [2.75, 3.05) is 49.8 Å². The highest BCUT2D eigenvalue weighted by atomic mass is 32.2. The first kappa shape index (κ1) is 61.4. The normalized spacial score (nSPS) is 15.1. The number of thioether (sulfide) groups is 1. The van der Waals surface area contributed by atoms with Gasteiger partial charge in [-0.3, -0.25) is 43.3 Å².